The molecule has 0 unspecified atom stereocenters. The van der Waals surface area contributed by atoms with Crippen molar-refractivity contribution in [1.82, 2.24) is 0 Å². The van der Waals surface area contributed by atoms with Crippen LogP contribution in [0.5, 0.6) is 17.2 Å². The fourth-order valence-corrected chi connectivity index (χ4v) is 5.07. The smallest absolute Gasteiger partial charge is 0.343 e. The molecule has 1 aliphatic rings. The lowest BCUT2D eigenvalue weighted by atomic mass is 9.80. The average molecular weight is 523 g/mol. The largest absolute Gasteiger partial charge is 0.494 e. The normalized spacial score (nSPS) is 17.1. The molecule has 0 aromatic heterocycles. The summed E-state index contributed by atoms with van der Waals surface area (Å²) in [6.45, 7) is 5.14. The molecule has 0 bridgehead atoms. The Kier molecular flexibility index (Phi) is 13.2. The maximum atomic E-state index is 12.6. The number of hydrogen-bond acceptors (Lipinski definition) is 5. The zero-order valence-corrected chi connectivity index (χ0v) is 23.4. The molecular formula is C33H46O5. The SMILES string of the molecule is CCCCCCCCOc1ccc(C(=O)Oc2ccc(OC(=O)[C@H]3CC[C@H](CCCCC)CC3)cc2)cc1. The molecule has 0 heterocycles. The van der Waals surface area contributed by atoms with Crippen LogP contribution < -0.4 is 14.2 Å². The van der Waals surface area contributed by atoms with Crippen LogP contribution in [0.1, 0.15) is 114 Å². The Labute approximate surface area is 229 Å². The van der Waals surface area contributed by atoms with E-state index < -0.39 is 5.97 Å². The number of hydrogen-bond donors (Lipinski definition) is 0. The quantitative estimate of drug-likeness (QED) is 0.125. The minimum atomic E-state index is -0.437. The summed E-state index contributed by atoms with van der Waals surface area (Å²) in [4.78, 5) is 25.2. The van der Waals surface area contributed by atoms with Crippen molar-refractivity contribution in [3.8, 4) is 17.2 Å². The molecule has 0 atom stereocenters. The summed E-state index contributed by atoms with van der Waals surface area (Å²) in [7, 11) is 0. The van der Waals surface area contributed by atoms with Gasteiger partial charge in [-0.1, -0.05) is 71.6 Å². The van der Waals surface area contributed by atoms with E-state index in [2.05, 4.69) is 13.8 Å². The molecule has 2 aromatic rings. The van der Waals surface area contributed by atoms with Crippen LogP contribution in [0.3, 0.4) is 0 Å². The lowest BCUT2D eigenvalue weighted by Crippen LogP contribution is -2.25. The van der Waals surface area contributed by atoms with Crippen LogP contribution in [0.15, 0.2) is 48.5 Å². The maximum Gasteiger partial charge on any atom is 0.343 e. The van der Waals surface area contributed by atoms with Gasteiger partial charge in [-0.05, 0) is 86.6 Å². The van der Waals surface area contributed by atoms with E-state index in [9.17, 15) is 9.59 Å². The Morgan fingerprint density at radius 1 is 0.658 bits per heavy atom. The van der Waals surface area contributed by atoms with Crippen LogP contribution in [0.25, 0.3) is 0 Å². The van der Waals surface area contributed by atoms with Crippen molar-refractivity contribution in [2.75, 3.05) is 6.61 Å². The number of benzene rings is 2. The number of carbonyl (C=O) groups excluding carboxylic acids is 2. The van der Waals surface area contributed by atoms with Crippen LogP contribution in [-0.2, 0) is 4.79 Å². The highest BCUT2D eigenvalue weighted by Gasteiger charge is 2.27. The van der Waals surface area contributed by atoms with E-state index in [1.165, 1.54) is 57.8 Å². The summed E-state index contributed by atoms with van der Waals surface area (Å²) in [5.41, 5.74) is 0.456. The van der Waals surface area contributed by atoms with Gasteiger partial charge in [0.05, 0.1) is 18.1 Å². The lowest BCUT2D eigenvalue weighted by Gasteiger charge is -2.27. The van der Waals surface area contributed by atoms with Crippen molar-refractivity contribution in [3.63, 3.8) is 0 Å². The third-order valence-corrected chi connectivity index (χ3v) is 7.51. The first-order valence-electron chi connectivity index (χ1n) is 14.9. The minimum Gasteiger partial charge on any atom is -0.494 e. The summed E-state index contributed by atoms with van der Waals surface area (Å²) in [6, 6.07) is 13.7. The topological polar surface area (TPSA) is 61.8 Å². The van der Waals surface area contributed by atoms with Crippen LogP contribution in [0, 0.1) is 11.8 Å². The molecule has 1 fully saturated rings. The first-order valence-corrected chi connectivity index (χ1v) is 14.9. The van der Waals surface area contributed by atoms with E-state index >= 15 is 0 Å². The fraction of sp³-hybridized carbons (Fsp3) is 0.576. The molecule has 5 heteroatoms. The lowest BCUT2D eigenvalue weighted by molar-refractivity contribution is -0.140. The highest BCUT2D eigenvalue weighted by atomic mass is 16.5. The van der Waals surface area contributed by atoms with Crippen molar-refractivity contribution >= 4 is 11.9 Å². The standard InChI is InChI=1S/C33H46O5/c1-3-5-7-8-9-11-25-36-29-19-17-28(18-20-29)33(35)38-31-23-21-30(22-24-31)37-32(34)27-15-13-26(14-16-27)12-10-6-4-2/h17-24,26-27H,3-16,25H2,1-2H3/t26-,27-. The summed E-state index contributed by atoms with van der Waals surface area (Å²) < 4.78 is 16.9. The Morgan fingerprint density at radius 3 is 1.87 bits per heavy atom. The predicted molar refractivity (Wildman–Crippen MR) is 152 cm³/mol. The Morgan fingerprint density at radius 2 is 1.21 bits per heavy atom. The van der Waals surface area contributed by atoms with Crippen molar-refractivity contribution in [3.05, 3.63) is 54.1 Å². The number of rotatable bonds is 16. The third-order valence-electron chi connectivity index (χ3n) is 7.51. The molecule has 0 amide bonds. The molecule has 0 spiro atoms. The van der Waals surface area contributed by atoms with Crippen LogP contribution in [-0.4, -0.2) is 18.5 Å². The summed E-state index contributed by atoms with van der Waals surface area (Å²) in [5, 5.41) is 0. The molecule has 1 aliphatic carbocycles. The van der Waals surface area contributed by atoms with Crippen molar-refractivity contribution in [2.24, 2.45) is 11.8 Å². The van der Waals surface area contributed by atoms with Crippen molar-refractivity contribution in [1.29, 1.82) is 0 Å². The summed E-state index contributed by atoms with van der Waals surface area (Å²) in [6.07, 6.45) is 16.5. The van der Waals surface area contributed by atoms with Gasteiger partial charge in [-0.25, -0.2) is 4.79 Å². The van der Waals surface area contributed by atoms with Gasteiger partial charge in [0.25, 0.3) is 0 Å². The molecule has 0 radical (unpaired) electrons. The second-order valence-electron chi connectivity index (χ2n) is 10.6. The molecule has 1 saturated carbocycles. The van der Waals surface area contributed by atoms with Gasteiger partial charge in [0.1, 0.15) is 17.2 Å². The van der Waals surface area contributed by atoms with Crippen LogP contribution in [0.2, 0.25) is 0 Å². The van der Waals surface area contributed by atoms with E-state index in [-0.39, 0.29) is 11.9 Å². The number of unbranched alkanes of at least 4 members (excludes halogenated alkanes) is 7. The average Bonchev–Trinajstić information content (AvgIpc) is 2.94. The molecule has 0 aliphatic heterocycles. The number of carbonyl (C=O) groups is 2. The molecule has 0 saturated heterocycles. The van der Waals surface area contributed by atoms with Gasteiger partial charge < -0.3 is 14.2 Å². The van der Waals surface area contributed by atoms with Gasteiger partial charge >= 0.3 is 11.9 Å². The molecule has 0 N–H and O–H groups in total. The second-order valence-corrected chi connectivity index (χ2v) is 10.6. The zero-order valence-electron chi connectivity index (χ0n) is 23.4. The van der Waals surface area contributed by atoms with E-state index in [4.69, 9.17) is 14.2 Å². The highest BCUT2D eigenvalue weighted by Crippen LogP contribution is 2.33. The van der Waals surface area contributed by atoms with E-state index in [0.717, 1.165) is 43.8 Å². The molecule has 3 rings (SSSR count). The molecule has 208 valence electrons. The summed E-state index contributed by atoms with van der Waals surface area (Å²) in [5.74, 6) is 1.79. The van der Waals surface area contributed by atoms with Gasteiger partial charge in [-0.3, -0.25) is 4.79 Å². The molecular weight excluding hydrogens is 476 g/mol. The fourth-order valence-electron chi connectivity index (χ4n) is 5.07. The predicted octanol–water partition coefficient (Wildman–Crippen LogP) is 8.94. The molecule has 5 nitrogen and oxygen atoms in total. The first-order chi connectivity index (χ1) is 18.6. The summed E-state index contributed by atoms with van der Waals surface area (Å²) >= 11 is 0. The van der Waals surface area contributed by atoms with Gasteiger partial charge in [0.15, 0.2) is 0 Å². The van der Waals surface area contributed by atoms with Gasteiger partial charge in [-0.15, -0.1) is 0 Å². The van der Waals surface area contributed by atoms with Gasteiger partial charge in [-0.2, -0.15) is 0 Å². The second kappa shape index (κ2) is 16.9. The van der Waals surface area contributed by atoms with Gasteiger partial charge in [0.2, 0.25) is 0 Å². The van der Waals surface area contributed by atoms with Crippen LogP contribution in [0.4, 0.5) is 0 Å². The van der Waals surface area contributed by atoms with Crippen molar-refractivity contribution in [2.45, 2.75) is 104 Å². The first kappa shape index (κ1) is 29.7. The maximum absolute atomic E-state index is 12.6. The monoisotopic (exact) mass is 522 g/mol. The Bertz CT molecular complexity index is 942. The Hall–Kier alpha value is -2.82. The number of ether oxygens (including phenoxy) is 3. The third kappa shape index (κ3) is 10.5. The highest BCUT2D eigenvalue weighted by molar-refractivity contribution is 5.91. The van der Waals surface area contributed by atoms with E-state index in [1.54, 1.807) is 48.5 Å². The molecule has 2 aromatic carbocycles. The van der Waals surface area contributed by atoms with E-state index in [1.807, 2.05) is 0 Å². The zero-order chi connectivity index (χ0) is 27.0. The Balaban J connectivity index is 1.37. The molecule has 38 heavy (non-hydrogen) atoms. The minimum absolute atomic E-state index is 0.0207. The van der Waals surface area contributed by atoms with Gasteiger partial charge in [0, 0.05) is 0 Å². The number of esters is 2. The van der Waals surface area contributed by atoms with E-state index in [0.29, 0.717) is 23.7 Å². The van der Waals surface area contributed by atoms with Crippen molar-refractivity contribution < 1.29 is 23.8 Å². The van der Waals surface area contributed by atoms with Crippen LogP contribution >= 0.6 is 0 Å².